The standard InChI is InChI=1S/C13H17NO4/c1-9-5-3-2-4-8-14(9)12(15)10-6-7-11(18-10)13(16)17/h6-7,9H,2-5,8H2,1H3,(H,16,17). The largest absolute Gasteiger partial charge is 0.475 e. The third-order valence-electron chi connectivity index (χ3n) is 3.34. The number of hydrogen-bond acceptors (Lipinski definition) is 3. The highest BCUT2D eigenvalue weighted by atomic mass is 16.4. The van der Waals surface area contributed by atoms with Crippen LogP contribution in [0.2, 0.25) is 0 Å². The number of furan rings is 1. The number of carbonyl (C=O) groups excluding carboxylic acids is 1. The lowest BCUT2D eigenvalue weighted by Gasteiger charge is -2.26. The number of carboxylic acid groups (broad SMARTS) is 1. The topological polar surface area (TPSA) is 70.8 Å². The summed E-state index contributed by atoms with van der Waals surface area (Å²) in [4.78, 5) is 24.7. The Hall–Kier alpha value is -1.78. The average molecular weight is 251 g/mol. The molecule has 1 N–H and O–H groups in total. The van der Waals surface area contributed by atoms with E-state index in [0.717, 1.165) is 25.7 Å². The van der Waals surface area contributed by atoms with Crippen molar-refractivity contribution in [1.29, 1.82) is 0 Å². The van der Waals surface area contributed by atoms with E-state index in [1.807, 2.05) is 6.92 Å². The summed E-state index contributed by atoms with van der Waals surface area (Å²) in [5.74, 6) is -1.45. The molecule has 2 rings (SSSR count). The lowest BCUT2D eigenvalue weighted by Crippen LogP contribution is -2.38. The van der Waals surface area contributed by atoms with Gasteiger partial charge in [0.15, 0.2) is 5.76 Å². The van der Waals surface area contributed by atoms with Crippen LogP contribution in [-0.4, -0.2) is 34.5 Å². The molecule has 1 fully saturated rings. The van der Waals surface area contributed by atoms with Crippen molar-refractivity contribution < 1.29 is 19.1 Å². The Morgan fingerprint density at radius 3 is 2.67 bits per heavy atom. The molecule has 18 heavy (non-hydrogen) atoms. The number of amides is 1. The van der Waals surface area contributed by atoms with Crippen LogP contribution in [0.5, 0.6) is 0 Å². The highest BCUT2D eigenvalue weighted by molar-refractivity contribution is 5.93. The van der Waals surface area contributed by atoms with Crippen LogP contribution < -0.4 is 0 Å². The Morgan fingerprint density at radius 2 is 2.00 bits per heavy atom. The van der Waals surface area contributed by atoms with Crippen molar-refractivity contribution in [2.24, 2.45) is 0 Å². The fraction of sp³-hybridized carbons (Fsp3) is 0.538. The fourth-order valence-corrected chi connectivity index (χ4v) is 2.29. The number of nitrogens with zero attached hydrogens (tertiary/aromatic N) is 1. The van der Waals surface area contributed by atoms with Gasteiger partial charge in [-0.1, -0.05) is 12.8 Å². The maximum absolute atomic E-state index is 12.2. The summed E-state index contributed by atoms with van der Waals surface area (Å²) in [6.07, 6.45) is 4.23. The molecule has 5 nitrogen and oxygen atoms in total. The van der Waals surface area contributed by atoms with E-state index in [1.54, 1.807) is 4.90 Å². The number of likely N-dealkylation sites (tertiary alicyclic amines) is 1. The van der Waals surface area contributed by atoms with Crippen LogP contribution in [0.25, 0.3) is 0 Å². The van der Waals surface area contributed by atoms with Crippen molar-refractivity contribution in [3.8, 4) is 0 Å². The first kappa shape index (κ1) is 12.7. The quantitative estimate of drug-likeness (QED) is 0.876. The van der Waals surface area contributed by atoms with Gasteiger partial charge in [0.05, 0.1) is 0 Å². The van der Waals surface area contributed by atoms with Crippen LogP contribution in [0.1, 0.15) is 53.7 Å². The van der Waals surface area contributed by atoms with Crippen molar-refractivity contribution in [2.45, 2.75) is 38.6 Å². The Bertz CT molecular complexity index is 452. The molecule has 1 aromatic rings. The highest BCUT2D eigenvalue weighted by Gasteiger charge is 2.25. The summed E-state index contributed by atoms with van der Waals surface area (Å²) in [6, 6.07) is 2.93. The van der Waals surface area contributed by atoms with Crippen molar-refractivity contribution in [1.82, 2.24) is 4.90 Å². The first-order valence-electron chi connectivity index (χ1n) is 6.23. The number of aromatic carboxylic acids is 1. The second-order valence-corrected chi connectivity index (χ2v) is 4.67. The predicted octanol–water partition coefficient (Wildman–Crippen LogP) is 2.38. The van der Waals surface area contributed by atoms with E-state index in [4.69, 9.17) is 9.52 Å². The maximum atomic E-state index is 12.2. The van der Waals surface area contributed by atoms with Crippen molar-refractivity contribution >= 4 is 11.9 Å². The minimum atomic E-state index is -1.15. The Kier molecular flexibility index (Phi) is 3.69. The second-order valence-electron chi connectivity index (χ2n) is 4.67. The summed E-state index contributed by atoms with van der Waals surface area (Å²) in [5, 5.41) is 8.77. The predicted molar refractivity (Wildman–Crippen MR) is 64.6 cm³/mol. The van der Waals surface area contributed by atoms with Gasteiger partial charge in [0.1, 0.15) is 0 Å². The minimum Gasteiger partial charge on any atom is -0.475 e. The zero-order valence-electron chi connectivity index (χ0n) is 10.4. The Morgan fingerprint density at radius 1 is 1.28 bits per heavy atom. The zero-order chi connectivity index (χ0) is 13.1. The van der Waals surface area contributed by atoms with Gasteiger partial charge in [-0.3, -0.25) is 4.79 Å². The first-order valence-corrected chi connectivity index (χ1v) is 6.23. The zero-order valence-corrected chi connectivity index (χ0v) is 10.4. The maximum Gasteiger partial charge on any atom is 0.371 e. The Balaban J connectivity index is 2.15. The molecule has 0 aromatic carbocycles. The molecule has 1 unspecified atom stereocenters. The molecule has 1 atom stereocenters. The summed E-state index contributed by atoms with van der Waals surface area (Å²) < 4.78 is 5.06. The number of carbonyl (C=O) groups is 2. The molecule has 2 heterocycles. The van der Waals surface area contributed by atoms with Crippen molar-refractivity contribution in [3.63, 3.8) is 0 Å². The molecule has 1 amide bonds. The third kappa shape index (κ3) is 2.55. The van der Waals surface area contributed by atoms with Crippen LogP contribution >= 0.6 is 0 Å². The Labute approximate surface area is 105 Å². The van der Waals surface area contributed by atoms with Crippen LogP contribution in [-0.2, 0) is 0 Å². The second kappa shape index (κ2) is 5.25. The fourth-order valence-electron chi connectivity index (χ4n) is 2.29. The molecule has 1 aliphatic rings. The lowest BCUT2D eigenvalue weighted by molar-refractivity contribution is 0.0633. The van der Waals surface area contributed by atoms with Gasteiger partial charge in [-0.15, -0.1) is 0 Å². The molecule has 1 aliphatic heterocycles. The van der Waals surface area contributed by atoms with E-state index in [1.165, 1.54) is 12.1 Å². The van der Waals surface area contributed by atoms with Crippen molar-refractivity contribution in [2.75, 3.05) is 6.54 Å². The van der Waals surface area contributed by atoms with E-state index in [9.17, 15) is 9.59 Å². The monoisotopic (exact) mass is 251 g/mol. The van der Waals surface area contributed by atoms with Crippen LogP contribution in [0.15, 0.2) is 16.5 Å². The molecule has 0 radical (unpaired) electrons. The van der Waals surface area contributed by atoms with E-state index in [-0.39, 0.29) is 23.5 Å². The molecule has 0 bridgehead atoms. The van der Waals surface area contributed by atoms with E-state index in [2.05, 4.69) is 0 Å². The lowest BCUT2D eigenvalue weighted by atomic mass is 10.1. The highest BCUT2D eigenvalue weighted by Crippen LogP contribution is 2.20. The number of rotatable bonds is 2. The number of carboxylic acids is 1. The molecular formula is C13H17NO4. The smallest absolute Gasteiger partial charge is 0.371 e. The van der Waals surface area contributed by atoms with Gasteiger partial charge in [0.25, 0.3) is 5.91 Å². The van der Waals surface area contributed by atoms with Gasteiger partial charge in [0.2, 0.25) is 5.76 Å². The van der Waals surface area contributed by atoms with Gasteiger partial charge < -0.3 is 14.4 Å². The summed E-state index contributed by atoms with van der Waals surface area (Å²) in [6.45, 7) is 2.73. The molecule has 0 spiro atoms. The van der Waals surface area contributed by atoms with E-state index in [0.29, 0.717) is 6.54 Å². The van der Waals surface area contributed by atoms with Gasteiger partial charge in [-0.05, 0) is 31.9 Å². The first-order chi connectivity index (χ1) is 8.59. The third-order valence-corrected chi connectivity index (χ3v) is 3.34. The summed E-state index contributed by atoms with van der Waals surface area (Å²) >= 11 is 0. The average Bonchev–Trinajstić information content (AvgIpc) is 2.73. The van der Waals surface area contributed by atoms with Crippen LogP contribution in [0.4, 0.5) is 0 Å². The molecule has 0 saturated carbocycles. The molecular weight excluding hydrogens is 234 g/mol. The van der Waals surface area contributed by atoms with Gasteiger partial charge in [-0.2, -0.15) is 0 Å². The molecule has 98 valence electrons. The van der Waals surface area contributed by atoms with Gasteiger partial charge in [-0.25, -0.2) is 4.79 Å². The molecule has 1 saturated heterocycles. The minimum absolute atomic E-state index is 0.112. The SMILES string of the molecule is CC1CCCCCN1C(=O)c1ccc(C(=O)O)o1. The summed E-state index contributed by atoms with van der Waals surface area (Å²) in [5.41, 5.74) is 0. The van der Waals surface area contributed by atoms with Gasteiger partial charge in [0, 0.05) is 12.6 Å². The molecule has 1 aromatic heterocycles. The number of hydrogen-bond donors (Lipinski definition) is 1. The molecule has 0 aliphatic carbocycles. The molecule has 5 heteroatoms. The van der Waals surface area contributed by atoms with Crippen LogP contribution in [0.3, 0.4) is 0 Å². The summed E-state index contributed by atoms with van der Waals surface area (Å²) in [7, 11) is 0. The van der Waals surface area contributed by atoms with E-state index < -0.39 is 5.97 Å². The van der Waals surface area contributed by atoms with Crippen LogP contribution in [0, 0.1) is 0 Å². The normalized spacial score (nSPS) is 20.5. The van der Waals surface area contributed by atoms with E-state index >= 15 is 0 Å². The van der Waals surface area contributed by atoms with Gasteiger partial charge >= 0.3 is 5.97 Å². The van der Waals surface area contributed by atoms with Crippen molar-refractivity contribution in [3.05, 3.63) is 23.7 Å².